The number of amides is 1. The van der Waals surface area contributed by atoms with Gasteiger partial charge in [0.1, 0.15) is 0 Å². The van der Waals surface area contributed by atoms with Crippen LogP contribution in [0.25, 0.3) is 0 Å². The smallest absolute Gasteiger partial charge is 0.221 e. The number of hydrogen-bond donors (Lipinski definition) is 2. The quantitative estimate of drug-likeness (QED) is 0.680. The maximum absolute atomic E-state index is 11.5. The first-order chi connectivity index (χ1) is 9.61. The van der Waals surface area contributed by atoms with Crippen LogP contribution < -0.4 is 10.6 Å². The van der Waals surface area contributed by atoms with E-state index in [4.69, 9.17) is 4.74 Å². The molecule has 0 fully saturated rings. The number of carbonyl (C=O) groups is 1. The molecule has 20 heavy (non-hydrogen) atoms. The van der Waals surface area contributed by atoms with Crippen molar-refractivity contribution in [2.24, 2.45) is 5.92 Å². The van der Waals surface area contributed by atoms with Crippen LogP contribution in [0.1, 0.15) is 31.4 Å². The Balaban J connectivity index is 2.20. The van der Waals surface area contributed by atoms with Crippen molar-refractivity contribution < 1.29 is 9.53 Å². The first-order valence-electron chi connectivity index (χ1n) is 7.16. The summed E-state index contributed by atoms with van der Waals surface area (Å²) in [5.74, 6) is 0.606. The summed E-state index contributed by atoms with van der Waals surface area (Å²) in [7, 11) is 1.70. The molecular weight excluding hydrogens is 252 g/mol. The lowest BCUT2D eigenvalue weighted by atomic mass is 10.1. The topological polar surface area (TPSA) is 50.4 Å². The molecule has 0 aliphatic rings. The Morgan fingerprint density at radius 2 is 2.05 bits per heavy atom. The van der Waals surface area contributed by atoms with Crippen LogP contribution >= 0.6 is 0 Å². The van der Waals surface area contributed by atoms with E-state index in [-0.39, 0.29) is 5.91 Å². The fourth-order valence-corrected chi connectivity index (χ4v) is 1.84. The summed E-state index contributed by atoms with van der Waals surface area (Å²) >= 11 is 0. The Labute approximate surface area is 121 Å². The second kappa shape index (κ2) is 9.50. The molecule has 4 nitrogen and oxygen atoms in total. The summed E-state index contributed by atoms with van der Waals surface area (Å²) in [5.41, 5.74) is 2.38. The van der Waals surface area contributed by atoms with Crippen molar-refractivity contribution in [3.05, 3.63) is 35.4 Å². The third-order valence-corrected chi connectivity index (χ3v) is 2.87. The molecule has 1 aromatic rings. The predicted molar refractivity (Wildman–Crippen MR) is 81.3 cm³/mol. The lowest BCUT2D eigenvalue weighted by molar-refractivity contribution is -0.121. The molecule has 1 amide bonds. The van der Waals surface area contributed by atoms with Gasteiger partial charge in [-0.1, -0.05) is 38.1 Å². The monoisotopic (exact) mass is 278 g/mol. The normalized spacial score (nSPS) is 10.8. The molecule has 0 heterocycles. The van der Waals surface area contributed by atoms with E-state index in [1.54, 1.807) is 7.11 Å². The van der Waals surface area contributed by atoms with Crippen LogP contribution in [-0.4, -0.2) is 26.1 Å². The van der Waals surface area contributed by atoms with Gasteiger partial charge in [-0.05, 0) is 17.0 Å². The van der Waals surface area contributed by atoms with Crippen LogP contribution in [0.15, 0.2) is 24.3 Å². The minimum atomic E-state index is 0.110. The Kier molecular flexibility index (Phi) is 7.92. The highest BCUT2D eigenvalue weighted by atomic mass is 16.5. The van der Waals surface area contributed by atoms with Crippen LogP contribution in [-0.2, 0) is 22.7 Å². The molecule has 0 spiro atoms. The number of methoxy groups -OCH3 is 1. The van der Waals surface area contributed by atoms with Crippen molar-refractivity contribution in [3.8, 4) is 0 Å². The molecule has 0 bridgehead atoms. The number of nitrogens with one attached hydrogen (secondary N) is 2. The molecule has 1 rings (SSSR count). The predicted octanol–water partition coefficient (Wildman–Crippen LogP) is 2.08. The van der Waals surface area contributed by atoms with Crippen molar-refractivity contribution in [3.63, 3.8) is 0 Å². The Morgan fingerprint density at radius 1 is 1.30 bits per heavy atom. The fourth-order valence-electron chi connectivity index (χ4n) is 1.84. The minimum Gasteiger partial charge on any atom is -0.380 e. The highest BCUT2D eigenvalue weighted by molar-refractivity contribution is 5.76. The van der Waals surface area contributed by atoms with Gasteiger partial charge in [0, 0.05) is 33.2 Å². The van der Waals surface area contributed by atoms with Gasteiger partial charge < -0.3 is 15.4 Å². The lowest BCUT2D eigenvalue weighted by Gasteiger charge is -2.09. The van der Waals surface area contributed by atoms with E-state index in [0.717, 1.165) is 13.1 Å². The van der Waals surface area contributed by atoms with Gasteiger partial charge in [-0.25, -0.2) is 0 Å². The first-order valence-corrected chi connectivity index (χ1v) is 7.16. The fraction of sp³-hybridized carbons (Fsp3) is 0.562. The van der Waals surface area contributed by atoms with Gasteiger partial charge in [-0.2, -0.15) is 0 Å². The van der Waals surface area contributed by atoms with E-state index < -0.39 is 0 Å². The van der Waals surface area contributed by atoms with Crippen molar-refractivity contribution in [1.82, 2.24) is 10.6 Å². The SMILES string of the molecule is COCc1cccc(CNCCC(=O)NCC(C)C)c1. The molecule has 4 heteroatoms. The summed E-state index contributed by atoms with van der Waals surface area (Å²) in [6.45, 7) is 7.02. The molecule has 0 aliphatic carbocycles. The van der Waals surface area contributed by atoms with Gasteiger partial charge in [0.05, 0.1) is 6.61 Å². The number of carbonyl (C=O) groups excluding carboxylic acids is 1. The molecular formula is C16H26N2O2. The molecule has 0 saturated carbocycles. The maximum atomic E-state index is 11.5. The number of benzene rings is 1. The largest absolute Gasteiger partial charge is 0.380 e. The zero-order valence-electron chi connectivity index (χ0n) is 12.7. The minimum absolute atomic E-state index is 0.110. The Hall–Kier alpha value is -1.39. The summed E-state index contributed by atoms with van der Waals surface area (Å²) in [6, 6.07) is 8.27. The summed E-state index contributed by atoms with van der Waals surface area (Å²) in [6.07, 6.45) is 0.518. The average Bonchev–Trinajstić information content (AvgIpc) is 2.42. The van der Waals surface area contributed by atoms with Crippen molar-refractivity contribution in [1.29, 1.82) is 0 Å². The highest BCUT2D eigenvalue weighted by Crippen LogP contribution is 2.06. The van der Waals surface area contributed by atoms with Gasteiger partial charge in [0.15, 0.2) is 0 Å². The molecule has 0 radical (unpaired) electrons. The van der Waals surface area contributed by atoms with Crippen LogP contribution in [0.5, 0.6) is 0 Å². The van der Waals surface area contributed by atoms with Gasteiger partial charge >= 0.3 is 0 Å². The van der Waals surface area contributed by atoms with Crippen LogP contribution in [0.2, 0.25) is 0 Å². The standard InChI is InChI=1S/C16H26N2O2/c1-13(2)10-18-16(19)7-8-17-11-14-5-4-6-15(9-14)12-20-3/h4-6,9,13,17H,7-8,10-12H2,1-3H3,(H,18,19). The number of ether oxygens (including phenoxy) is 1. The second-order valence-corrected chi connectivity index (χ2v) is 5.38. The van der Waals surface area contributed by atoms with Crippen molar-refractivity contribution in [2.75, 3.05) is 20.2 Å². The third-order valence-electron chi connectivity index (χ3n) is 2.87. The van der Waals surface area contributed by atoms with Crippen LogP contribution in [0, 0.1) is 5.92 Å². The van der Waals surface area contributed by atoms with E-state index >= 15 is 0 Å². The van der Waals surface area contributed by atoms with Crippen LogP contribution in [0.3, 0.4) is 0 Å². The van der Waals surface area contributed by atoms with Crippen LogP contribution in [0.4, 0.5) is 0 Å². The van der Waals surface area contributed by atoms with E-state index in [2.05, 4.69) is 36.6 Å². The molecule has 0 saturated heterocycles. The lowest BCUT2D eigenvalue weighted by Crippen LogP contribution is -2.30. The van der Waals surface area contributed by atoms with E-state index in [1.165, 1.54) is 11.1 Å². The molecule has 0 unspecified atom stereocenters. The van der Waals surface area contributed by atoms with Gasteiger partial charge in [-0.3, -0.25) is 4.79 Å². The van der Waals surface area contributed by atoms with E-state index in [1.807, 2.05) is 12.1 Å². The number of hydrogen-bond acceptors (Lipinski definition) is 3. The molecule has 2 N–H and O–H groups in total. The van der Waals surface area contributed by atoms with Gasteiger partial charge in [0.2, 0.25) is 5.91 Å². The Bertz CT molecular complexity index is 405. The average molecular weight is 278 g/mol. The molecule has 0 aliphatic heterocycles. The highest BCUT2D eigenvalue weighted by Gasteiger charge is 2.02. The maximum Gasteiger partial charge on any atom is 0.221 e. The number of rotatable bonds is 9. The summed E-state index contributed by atoms with van der Waals surface area (Å²) in [5, 5.41) is 6.20. The molecule has 0 aromatic heterocycles. The summed E-state index contributed by atoms with van der Waals surface area (Å²) in [4.78, 5) is 11.5. The third kappa shape index (κ3) is 7.26. The van der Waals surface area contributed by atoms with Crippen molar-refractivity contribution >= 4 is 5.91 Å². The van der Waals surface area contributed by atoms with Crippen molar-refractivity contribution in [2.45, 2.75) is 33.4 Å². The van der Waals surface area contributed by atoms with E-state index in [9.17, 15) is 4.79 Å². The van der Waals surface area contributed by atoms with Gasteiger partial charge in [-0.15, -0.1) is 0 Å². The zero-order valence-corrected chi connectivity index (χ0v) is 12.7. The zero-order chi connectivity index (χ0) is 14.8. The molecule has 0 atom stereocenters. The Morgan fingerprint density at radius 3 is 2.75 bits per heavy atom. The molecule has 1 aromatic carbocycles. The molecule has 112 valence electrons. The van der Waals surface area contributed by atoms with E-state index in [0.29, 0.717) is 25.5 Å². The summed E-state index contributed by atoms with van der Waals surface area (Å²) < 4.78 is 5.11. The van der Waals surface area contributed by atoms with Gasteiger partial charge in [0.25, 0.3) is 0 Å². The first kappa shape index (κ1) is 16.7. The second-order valence-electron chi connectivity index (χ2n) is 5.38.